The number of methoxy groups -OCH3 is 2. The number of carbonyl (C=O) groups excluding carboxylic acids is 3. The van der Waals surface area contributed by atoms with Crippen LogP contribution in [-0.2, 0) is 35.2 Å². The number of nitrogens with zero attached hydrogens (tertiary/aromatic N) is 1. The minimum atomic E-state index is -1.96. The summed E-state index contributed by atoms with van der Waals surface area (Å²) in [7, 11) is 2.02. The Morgan fingerprint density at radius 2 is 1.62 bits per heavy atom. The van der Waals surface area contributed by atoms with Crippen molar-refractivity contribution in [3.63, 3.8) is 0 Å². The van der Waals surface area contributed by atoms with E-state index < -0.39 is 41.8 Å². The highest BCUT2D eigenvalue weighted by atomic mass is 16.5. The van der Waals surface area contributed by atoms with Crippen LogP contribution in [0.5, 0.6) is 0 Å². The molecule has 26 heavy (non-hydrogen) atoms. The molecule has 0 saturated heterocycles. The first kappa shape index (κ1) is 21.1. The Hall–Kier alpha value is -2.94. The van der Waals surface area contributed by atoms with Gasteiger partial charge >= 0.3 is 17.9 Å². The first-order chi connectivity index (χ1) is 12.2. The molecule has 0 bridgehead atoms. The molecule has 0 aromatic heterocycles. The average molecular weight is 366 g/mol. The molecule has 1 rings (SSSR count). The van der Waals surface area contributed by atoms with E-state index in [0.29, 0.717) is 5.56 Å². The Balaban J connectivity index is 3.44. The number of benzene rings is 1. The van der Waals surface area contributed by atoms with Crippen LogP contribution in [0.4, 0.5) is 0 Å². The van der Waals surface area contributed by atoms with Crippen LogP contribution in [-0.4, -0.2) is 60.1 Å². The smallest absolute Gasteiger partial charge is 0.330 e. The third kappa shape index (κ3) is 5.03. The molecule has 1 aromatic carbocycles. The van der Waals surface area contributed by atoms with E-state index in [4.69, 9.17) is 5.73 Å². The highest BCUT2D eigenvalue weighted by molar-refractivity contribution is 6.01. The third-order valence-corrected chi connectivity index (χ3v) is 3.68. The van der Waals surface area contributed by atoms with Gasteiger partial charge in [-0.2, -0.15) is 0 Å². The van der Waals surface area contributed by atoms with E-state index in [0.717, 1.165) is 19.1 Å². The van der Waals surface area contributed by atoms with Crippen molar-refractivity contribution in [3.05, 3.63) is 35.9 Å². The van der Waals surface area contributed by atoms with Crippen LogP contribution in [0.2, 0.25) is 0 Å². The van der Waals surface area contributed by atoms with E-state index in [1.54, 1.807) is 30.3 Å². The van der Waals surface area contributed by atoms with Gasteiger partial charge in [0.15, 0.2) is 12.0 Å². The number of nitrogens with two attached hydrogens (primary N) is 1. The molecule has 0 aliphatic carbocycles. The van der Waals surface area contributed by atoms with Crippen LogP contribution in [0.15, 0.2) is 30.3 Å². The van der Waals surface area contributed by atoms with Gasteiger partial charge < -0.3 is 25.2 Å². The van der Waals surface area contributed by atoms with Gasteiger partial charge in [-0.15, -0.1) is 0 Å². The second kappa shape index (κ2) is 9.52. The summed E-state index contributed by atoms with van der Waals surface area (Å²) in [6, 6.07) is 5.79. The Morgan fingerprint density at radius 1 is 1.08 bits per heavy atom. The first-order valence-corrected chi connectivity index (χ1v) is 7.73. The molecule has 3 N–H and O–H groups in total. The maximum atomic E-state index is 12.6. The molecule has 0 radical (unpaired) electrons. The van der Waals surface area contributed by atoms with E-state index in [9.17, 15) is 24.3 Å². The van der Waals surface area contributed by atoms with E-state index in [-0.39, 0.29) is 6.54 Å². The van der Waals surface area contributed by atoms with Crippen LogP contribution in [0.3, 0.4) is 0 Å². The molecule has 0 heterocycles. The Morgan fingerprint density at radius 3 is 2.04 bits per heavy atom. The average Bonchev–Trinajstić information content (AvgIpc) is 2.63. The predicted molar refractivity (Wildman–Crippen MR) is 89.6 cm³/mol. The van der Waals surface area contributed by atoms with Crippen LogP contribution >= 0.6 is 0 Å². The molecule has 1 aromatic rings. The highest BCUT2D eigenvalue weighted by Gasteiger charge is 2.46. The van der Waals surface area contributed by atoms with Crippen molar-refractivity contribution in [2.45, 2.75) is 25.6 Å². The number of hydrogen-bond acceptors (Lipinski definition) is 7. The zero-order valence-electron chi connectivity index (χ0n) is 14.7. The lowest BCUT2D eigenvalue weighted by atomic mass is 9.96. The number of carboxylic acids is 1. The summed E-state index contributed by atoms with van der Waals surface area (Å²) < 4.78 is 9.14. The molecule has 0 aliphatic rings. The van der Waals surface area contributed by atoms with Crippen molar-refractivity contribution < 1.29 is 33.8 Å². The summed E-state index contributed by atoms with van der Waals surface area (Å²) >= 11 is 0. The van der Waals surface area contributed by atoms with E-state index in [1.807, 2.05) is 0 Å². The largest absolute Gasteiger partial charge is 0.481 e. The molecular weight excluding hydrogens is 344 g/mol. The third-order valence-electron chi connectivity index (χ3n) is 3.68. The quantitative estimate of drug-likeness (QED) is 0.476. The molecule has 9 nitrogen and oxygen atoms in total. The zero-order valence-corrected chi connectivity index (χ0v) is 14.7. The molecule has 0 fully saturated rings. The minimum Gasteiger partial charge on any atom is -0.481 e. The van der Waals surface area contributed by atoms with E-state index >= 15 is 0 Å². The van der Waals surface area contributed by atoms with Crippen molar-refractivity contribution >= 4 is 23.8 Å². The van der Waals surface area contributed by atoms with Crippen LogP contribution < -0.4 is 5.73 Å². The van der Waals surface area contributed by atoms with Gasteiger partial charge in [-0.3, -0.25) is 14.4 Å². The fourth-order valence-corrected chi connectivity index (χ4v) is 2.41. The molecule has 142 valence electrons. The SMILES string of the molecule is COC(=O)C(C(=O)O)C(C(=O)OC)N(Cc1ccccc1)C(=O)[C@H](C)N. The van der Waals surface area contributed by atoms with Crippen molar-refractivity contribution in [1.29, 1.82) is 0 Å². The van der Waals surface area contributed by atoms with Crippen LogP contribution in [0.25, 0.3) is 0 Å². The van der Waals surface area contributed by atoms with Crippen LogP contribution in [0, 0.1) is 5.92 Å². The van der Waals surface area contributed by atoms with E-state index in [2.05, 4.69) is 9.47 Å². The number of rotatable bonds is 8. The number of amides is 1. The van der Waals surface area contributed by atoms with Crippen molar-refractivity contribution in [2.24, 2.45) is 11.7 Å². The summed E-state index contributed by atoms with van der Waals surface area (Å²) in [5, 5.41) is 9.45. The standard InChI is InChI=1S/C17H22N2O7/c1-10(18)14(20)19(9-11-7-5-4-6-8-11)13(17(24)26-3)12(15(21)22)16(23)25-2/h4-8,10,12-13H,9,18H2,1-3H3,(H,21,22)/t10-,12?,13?/m0/s1. The van der Waals surface area contributed by atoms with Crippen molar-refractivity contribution in [3.8, 4) is 0 Å². The lowest BCUT2D eigenvalue weighted by molar-refractivity contribution is -0.171. The first-order valence-electron chi connectivity index (χ1n) is 7.73. The van der Waals surface area contributed by atoms with E-state index in [1.165, 1.54) is 6.92 Å². The monoisotopic (exact) mass is 366 g/mol. The second-order valence-corrected chi connectivity index (χ2v) is 5.55. The Bertz CT molecular complexity index is 660. The number of carbonyl (C=O) groups is 4. The zero-order chi connectivity index (χ0) is 19.9. The molecule has 3 atom stereocenters. The van der Waals surface area contributed by atoms with Gasteiger partial charge in [0.2, 0.25) is 5.91 Å². The summed E-state index contributed by atoms with van der Waals surface area (Å²) in [6.45, 7) is 1.25. The maximum Gasteiger partial charge on any atom is 0.330 e. The topological polar surface area (TPSA) is 136 Å². The maximum absolute atomic E-state index is 12.6. The van der Waals surface area contributed by atoms with Crippen molar-refractivity contribution in [2.75, 3.05) is 14.2 Å². The summed E-state index contributed by atoms with van der Waals surface area (Å²) in [4.78, 5) is 49.5. The Kier molecular flexibility index (Phi) is 7.73. The molecule has 1 amide bonds. The van der Waals surface area contributed by atoms with Gasteiger partial charge in [-0.1, -0.05) is 30.3 Å². The van der Waals surface area contributed by atoms with Gasteiger partial charge in [0.1, 0.15) is 0 Å². The molecule has 9 heteroatoms. The number of esters is 2. The predicted octanol–water partition coefficient (Wildman–Crippen LogP) is -0.222. The number of hydrogen-bond donors (Lipinski definition) is 2. The highest BCUT2D eigenvalue weighted by Crippen LogP contribution is 2.20. The van der Waals surface area contributed by atoms with Gasteiger partial charge in [-0.05, 0) is 12.5 Å². The normalized spacial score (nSPS) is 13.8. The van der Waals surface area contributed by atoms with Gasteiger partial charge in [0.25, 0.3) is 0 Å². The van der Waals surface area contributed by atoms with Crippen LogP contribution in [0.1, 0.15) is 12.5 Å². The fraction of sp³-hybridized carbons (Fsp3) is 0.412. The minimum absolute atomic E-state index is 0.137. The molecule has 2 unspecified atom stereocenters. The van der Waals surface area contributed by atoms with Gasteiger partial charge in [0, 0.05) is 6.54 Å². The number of ether oxygens (including phenoxy) is 2. The molecule has 0 saturated carbocycles. The Labute approximate surface area is 150 Å². The fourth-order valence-electron chi connectivity index (χ4n) is 2.41. The molecular formula is C17H22N2O7. The second-order valence-electron chi connectivity index (χ2n) is 5.55. The summed E-state index contributed by atoms with van der Waals surface area (Å²) in [5.41, 5.74) is 6.26. The van der Waals surface area contributed by atoms with Crippen molar-refractivity contribution in [1.82, 2.24) is 4.90 Å². The number of aliphatic carboxylic acids is 1. The molecule has 0 spiro atoms. The lowest BCUT2D eigenvalue weighted by Crippen LogP contribution is -2.57. The van der Waals surface area contributed by atoms with Gasteiger partial charge in [0.05, 0.1) is 20.3 Å². The summed E-state index contributed by atoms with van der Waals surface area (Å²) in [6.07, 6.45) is 0. The lowest BCUT2D eigenvalue weighted by Gasteiger charge is -2.33. The number of carboxylic acid groups (broad SMARTS) is 1. The summed E-state index contributed by atoms with van der Waals surface area (Å²) in [5.74, 6) is -6.53. The molecule has 0 aliphatic heterocycles. The van der Waals surface area contributed by atoms with Gasteiger partial charge in [-0.25, -0.2) is 4.79 Å².